The first-order chi connectivity index (χ1) is 7.66. The number of rotatable bonds is 2. The van der Waals surface area contributed by atoms with Crippen LogP contribution < -0.4 is 5.32 Å². The number of hydrogen-bond acceptors (Lipinski definition) is 3. The molecule has 0 spiro atoms. The molecule has 0 radical (unpaired) electrons. The van der Waals surface area contributed by atoms with E-state index in [-0.39, 0.29) is 0 Å². The molecule has 5 heteroatoms. The Hall–Kier alpha value is -0.740. The van der Waals surface area contributed by atoms with Gasteiger partial charge in [0.25, 0.3) is 0 Å². The third-order valence-electron chi connectivity index (χ3n) is 2.51. The highest BCUT2D eigenvalue weighted by atomic mass is 79.9. The van der Waals surface area contributed by atoms with E-state index in [0.717, 1.165) is 34.1 Å². The quantitative estimate of drug-likeness (QED) is 0.909. The predicted molar refractivity (Wildman–Crippen MR) is 70.9 cm³/mol. The average Bonchev–Trinajstić information content (AvgIpc) is 2.63. The zero-order valence-electron chi connectivity index (χ0n) is 9.00. The van der Waals surface area contributed by atoms with Crippen LogP contribution in [0.4, 0.5) is 0 Å². The van der Waals surface area contributed by atoms with Crippen LogP contribution in [-0.4, -0.2) is 31.0 Å². The van der Waals surface area contributed by atoms with Crippen LogP contribution >= 0.6 is 27.5 Å². The number of hydrogen-bond donors (Lipinski definition) is 1. The lowest BCUT2D eigenvalue weighted by Gasteiger charge is -2.15. The van der Waals surface area contributed by atoms with Crippen LogP contribution in [0.25, 0.3) is 0 Å². The fourth-order valence-corrected chi connectivity index (χ4v) is 2.30. The molecule has 1 N–H and O–H groups in total. The van der Waals surface area contributed by atoms with Gasteiger partial charge in [-0.15, -0.1) is 0 Å². The molecule has 86 valence electrons. The largest absolute Gasteiger partial charge is 0.352 e. The third kappa shape index (κ3) is 2.68. The van der Waals surface area contributed by atoms with Crippen molar-refractivity contribution in [3.05, 3.63) is 33.3 Å². The van der Waals surface area contributed by atoms with Crippen LogP contribution in [0.5, 0.6) is 0 Å². The number of nitrogens with one attached hydrogen (secondary N) is 1. The third-order valence-corrected chi connectivity index (χ3v) is 3.36. The molecule has 0 saturated heterocycles. The molecule has 0 aromatic heterocycles. The number of aliphatic imine (C=N–C) groups is 1. The molecule has 0 fully saturated rings. The molecule has 1 aliphatic rings. The van der Waals surface area contributed by atoms with Crippen molar-refractivity contribution in [2.75, 3.05) is 20.1 Å². The fourth-order valence-electron chi connectivity index (χ4n) is 1.56. The van der Waals surface area contributed by atoms with Gasteiger partial charge in [0.05, 0.1) is 6.54 Å². The molecule has 1 heterocycles. The first kappa shape index (κ1) is 11.7. The van der Waals surface area contributed by atoms with E-state index in [1.165, 1.54) is 0 Å². The van der Waals surface area contributed by atoms with Gasteiger partial charge in [0.2, 0.25) is 0 Å². The van der Waals surface area contributed by atoms with Crippen LogP contribution in [0.15, 0.2) is 27.7 Å². The summed E-state index contributed by atoms with van der Waals surface area (Å²) < 4.78 is 0.997. The van der Waals surface area contributed by atoms with Crippen molar-refractivity contribution in [3.8, 4) is 0 Å². The molecular weight excluding hydrogens is 289 g/mol. The second-order valence-electron chi connectivity index (χ2n) is 3.72. The summed E-state index contributed by atoms with van der Waals surface area (Å²) in [5.74, 6) is 0.944. The second-order valence-corrected chi connectivity index (χ2v) is 5.04. The van der Waals surface area contributed by atoms with Gasteiger partial charge in [0, 0.05) is 29.6 Å². The van der Waals surface area contributed by atoms with Crippen molar-refractivity contribution in [2.24, 2.45) is 4.99 Å². The van der Waals surface area contributed by atoms with Gasteiger partial charge in [-0.05, 0) is 17.7 Å². The van der Waals surface area contributed by atoms with Gasteiger partial charge in [-0.2, -0.15) is 0 Å². The Balaban J connectivity index is 1.99. The van der Waals surface area contributed by atoms with E-state index in [1.54, 1.807) is 0 Å². The maximum atomic E-state index is 6.13. The fraction of sp³-hybridized carbons (Fsp3) is 0.364. The molecule has 2 rings (SSSR count). The van der Waals surface area contributed by atoms with E-state index in [9.17, 15) is 0 Å². The van der Waals surface area contributed by atoms with Crippen LogP contribution in [0.3, 0.4) is 0 Å². The maximum absolute atomic E-state index is 6.13. The van der Waals surface area contributed by atoms with Crippen molar-refractivity contribution >= 4 is 33.5 Å². The van der Waals surface area contributed by atoms with Crippen molar-refractivity contribution in [1.29, 1.82) is 0 Å². The van der Waals surface area contributed by atoms with Gasteiger partial charge in [0.1, 0.15) is 0 Å². The number of nitrogens with zero attached hydrogens (tertiary/aromatic N) is 2. The molecule has 0 amide bonds. The molecule has 0 unspecified atom stereocenters. The average molecular weight is 303 g/mol. The van der Waals surface area contributed by atoms with Crippen molar-refractivity contribution in [3.63, 3.8) is 0 Å². The first-order valence-electron chi connectivity index (χ1n) is 5.10. The highest BCUT2D eigenvalue weighted by Crippen LogP contribution is 2.21. The molecule has 1 aliphatic heterocycles. The summed E-state index contributed by atoms with van der Waals surface area (Å²) in [6.07, 6.45) is 0. The van der Waals surface area contributed by atoms with Gasteiger partial charge in [-0.3, -0.25) is 4.99 Å². The first-order valence-corrected chi connectivity index (χ1v) is 6.27. The lowest BCUT2D eigenvalue weighted by molar-refractivity contribution is 0.534. The van der Waals surface area contributed by atoms with Crippen molar-refractivity contribution in [1.82, 2.24) is 10.2 Å². The van der Waals surface area contributed by atoms with Gasteiger partial charge in [-0.1, -0.05) is 33.6 Å². The molecule has 16 heavy (non-hydrogen) atoms. The molecule has 1 aromatic rings. The van der Waals surface area contributed by atoms with E-state index in [2.05, 4.69) is 31.1 Å². The number of guanidine groups is 1. The highest BCUT2D eigenvalue weighted by molar-refractivity contribution is 9.10. The minimum absolute atomic E-state index is 0.704. The normalized spacial score (nSPS) is 15.2. The second kappa shape index (κ2) is 5.06. The number of likely N-dealkylation sites (N-methyl/N-ethyl adjacent to an activating group) is 1. The Morgan fingerprint density at radius 2 is 2.38 bits per heavy atom. The molecule has 0 bridgehead atoms. The Morgan fingerprint density at radius 1 is 1.56 bits per heavy atom. The van der Waals surface area contributed by atoms with E-state index in [1.807, 2.05) is 25.2 Å². The number of benzene rings is 1. The number of halogens is 2. The van der Waals surface area contributed by atoms with Gasteiger partial charge in [0.15, 0.2) is 5.96 Å². The van der Waals surface area contributed by atoms with Crippen LogP contribution in [0.2, 0.25) is 5.02 Å². The van der Waals surface area contributed by atoms with Gasteiger partial charge in [-0.25, -0.2) is 0 Å². The van der Waals surface area contributed by atoms with Crippen LogP contribution in [0, 0.1) is 0 Å². The summed E-state index contributed by atoms with van der Waals surface area (Å²) in [5, 5.41) is 4.05. The Labute approximate surface area is 109 Å². The van der Waals surface area contributed by atoms with Crippen LogP contribution in [-0.2, 0) is 6.54 Å². The maximum Gasteiger partial charge on any atom is 0.194 e. The van der Waals surface area contributed by atoms with Gasteiger partial charge < -0.3 is 10.2 Å². The molecule has 3 nitrogen and oxygen atoms in total. The smallest absolute Gasteiger partial charge is 0.194 e. The monoisotopic (exact) mass is 301 g/mol. The van der Waals surface area contributed by atoms with Gasteiger partial charge >= 0.3 is 0 Å². The van der Waals surface area contributed by atoms with E-state index >= 15 is 0 Å². The Morgan fingerprint density at radius 3 is 3.00 bits per heavy atom. The predicted octanol–water partition coefficient (Wildman–Crippen LogP) is 2.49. The zero-order valence-corrected chi connectivity index (χ0v) is 11.3. The lowest BCUT2D eigenvalue weighted by Crippen LogP contribution is -2.35. The summed E-state index contributed by atoms with van der Waals surface area (Å²) in [5.41, 5.74) is 1.08. The molecular formula is C11H13BrClN3. The van der Waals surface area contributed by atoms with E-state index < -0.39 is 0 Å². The summed E-state index contributed by atoms with van der Waals surface area (Å²) >= 11 is 9.51. The zero-order chi connectivity index (χ0) is 11.5. The van der Waals surface area contributed by atoms with Crippen molar-refractivity contribution in [2.45, 2.75) is 6.54 Å². The molecule has 0 atom stereocenters. The summed E-state index contributed by atoms with van der Waals surface area (Å²) in [7, 11) is 2.03. The summed E-state index contributed by atoms with van der Waals surface area (Å²) in [6.45, 7) is 2.55. The molecule has 1 aromatic carbocycles. The van der Waals surface area contributed by atoms with Crippen LogP contribution in [0.1, 0.15) is 5.56 Å². The van der Waals surface area contributed by atoms with E-state index in [0.29, 0.717) is 6.54 Å². The Kier molecular flexibility index (Phi) is 3.71. The summed E-state index contributed by atoms with van der Waals surface area (Å²) in [4.78, 5) is 6.46. The lowest BCUT2D eigenvalue weighted by atomic mass is 10.2. The summed E-state index contributed by atoms with van der Waals surface area (Å²) in [6, 6.07) is 5.90. The SMILES string of the molecule is CN1CCN=C1NCc1ccc(Br)cc1Cl. The van der Waals surface area contributed by atoms with Crippen molar-refractivity contribution < 1.29 is 0 Å². The minimum atomic E-state index is 0.704. The topological polar surface area (TPSA) is 27.6 Å². The minimum Gasteiger partial charge on any atom is -0.352 e. The highest BCUT2D eigenvalue weighted by Gasteiger charge is 2.11. The molecule has 0 saturated carbocycles. The van der Waals surface area contributed by atoms with E-state index in [4.69, 9.17) is 11.6 Å². The standard InChI is InChI=1S/C11H13BrClN3/c1-16-5-4-14-11(16)15-7-8-2-3-9(12)6-10(8)13/h2-3,6H,4-5,7H2,1H3,(H,14,15). The molecule has 0 aliphatic carbocycles. The Bertz CT molecular complexity index is 420.